The van der Waals surface area contributed by atoms with Crippen LogP contribution in [0.25, 0.3) is 0 Å². The molecule has 0 unspecified atom stereocenters. The second-order valence-electron chi connectivity index (χ2n) is 1.00. The highest BCUT2D eigenvalue weighted by Gasteiger charge is 2.43. The second-order valence-corrected chi connectivity index (χ2v) is 1.00. The van der Waals surface area contributed by atoms with Crippen LogP contribution in [0.1, 0.15) is 0 Å². The minimum atomic E-state index is -5.53. The van der Waals surface area contributed by atoms with Gasteiger partial charge in [0.05, 0.1) is 0 Å². The number of alkyl halides is 3. The van der Waals surface area contributed by atoms with Gasteiger partial charge in [0.2, 0.25) is 0 Å². The summed E-state index contributed by atoms with van der Waals surface area (Å²) in [4.78, 5) is 0. The Labute approximate surface area is 45.8 Å². The van der Waals surface area contributed by atoms with Crippen LogP contribution in [0.4, 0.5) is 22.0 Å². The molecule has 0 heterocycles. The van der Waals surface area contributed by atoms with E-state index in [4.69, 9.17) is 5.21 Å². The fourth-order valence-corrected chi connectivity index (χ4v) is 0.0958. The Bertz CT molecular complexity index is 132. The van der Waals surface area contributed by atoms with Crippen molar-refractivity contribution in [2.24, 2.45) is 0 Å². The van der Waals surface area contributed by atoms with Gasteiger partial charge in [0.15, 0.2) is 0 Å². The quantitative estimate of drug-likeness (QED) is 0.127. The van der Waals surface area contributed by atoms with Crippen LogP contribution in [0, 0.1) is 5.21 Å². The first kappa shape index (κ1) is 8.12. The number of nitrogens with zero attached hydrogens (tertiary/aromatic N) is 1. The van der Waals surface area contributed by atoms with Crippen molar-refractivity contribution in [2.45, 2.75) is 6.30 Å². The third kappa shape index (κ3) is 2.24. The summed E-state index contributed by atoms with van der Waals surface area (Å²) >= 11 is 0. The zero-order valence-electron chi connectivity index (χ0n) is 3.75. The van der Waals surface area contributed by atoms with E-state index in [0.29, 0.717) is 0 Å². The van der Waals surface area contributed by atoms with Crippen molar-refractivity contribution >= 4 is 6.22 Å². The van der Waals surface area contributed by atoms with E-state index in [1.54, 1.807) is 0 Å². The fourth-order valence-electron chi connectivity index (χ4n) is 0.0958. The monoisotopic (exact) mass is 149 g/mol. The summed E-state index contributed by atoms with van der Waals surface area (Å²) in [6, 6.07) is 0. The van der Waals surface area contributed by atoms with E-state index in [1.807, 2.05) is 0 Å². The van der Waals surface area contributed by atoms with Crippen molar-refractivity contribution in [3.8, 4) is 0 Å². The van der Waals surface area contributed by atoms with Crippen LogP contribution in [0.15, 0.2) is 0 Å². The van der Waals surface area contributed by atoms with Gasteiger partial charge in [-0.2, -0.15) is 0 Å². The lowest BCUT2D eigenvalue weighted by Gasteiger charge is -2.01. The van der Waals surface area contributed by atoms with Gasteiger partial charge in [-0.25, -0.2) is 0 Å². The number of rotatable bonds is 0. The molecular formula is C2F5NO. The predicted octanol–water partition coefficient (Wildman–Crippen LogP) is 1.31. The van der Waals surface area contributed by atoms with E-state index in [0.717, 1.165) is 0 Å². The van der Waals surface area contributed by atoms with Crippen LogP contribution < -0.4 is 0 Å². The van der Waals surface area contributed by atoms with Gasteiger partial charge in [0.25, 0.3) is 0 Å². The molecule has 2 nitrogen and oxygen atoms in total. The Morgan fingerprint density at radius 3 is 1.56 bits per heavy atom. The summed E-state index contributed by atoms with van der Waals surface area (Å²) in [7, 11) is 0. The Morgan fingerprint density at radius 1 is 1.22 bits per heavy atom. The Hall–Kier alpha value is -0.880. The number of hydrogen-bond donors (Lipinski definition) is 0. The van der Waals surface area contributed by atoms with Gasteiger partial charge in [-0.3, -0.25) is 0 Å². The smallest absolute Gasteiger partial charge is 0.613 e. The first-order valence-corrected chi connectivity index (χ1v) is 1.57. The van der Waals surface area contributed by atoms with Crippen molar-refractivity contribution < 1.29 is 26.7 Å². The fraction of sp³-hybridized carbons (Fsp3) is 0.500. The maximum Gasteiger partial charge on any atom is 0.648 e. The average molecular weight is 149 g/mol. The lowest BCUT2D eigenvalue weighted by molar-refractivity contribution is -0.675. The summed E-state index contributed by atoms with van der Waals surface area (Å²) in [6.45, 7) is 0. The summed E-state index contributed by atoms with van der Waals surface area (Å²) in [6.07, 6.45) is -8.85. The Balaban J connectivity index is 4.40. The third-order valence-electron chi connectivity index (χ3n) is 0.384. The second kappa shape index (κ2) is 2.16. The molecule has 0 aromatic carbocycles. The Kier molecular flexibility index (Phi) is 1.95. The van der Waals surface area contributed by atoms with Crippen molar-refractivity contribution in [2.75, 3.05) is 0 Å². The maximum atomic E-state index is 10.8. The molecule has 0 fully saturated rings. The third-order valence-corrected chi connectivity index (χ3v) is 0.384. The van der Waals surface area contributed by atoms with Gasteiger partial charge < -0.3 is 5.21 Å². The molecule has 0 radical (unpaired) electrons. The highest BCUT2D eigenvalue weighted by molar-refractivity contribution is 5.57. The number of hydrogen-bond acceptors (Lipinski definition) is 1. The molecule has 0 aliphatic carbocycles. The van der Waals surface area contributed by atoms with Gasteiger partial charge in [-0.1, -0.05) is 0 Å². The maximum absolute atomic E-state index is 10.8. The normalized spacial score (nSPS) is 11.2. The van der Waals surface area contributed by atoms with Gasteiger partial charge in [-0.15, -0.1) is 22.0 Å². The molecule has 0 aromatic heterocycles. The van der Waals surface area contributed by atoms with E-state index in [2.05, 4.69) is 0 Å². The minimum absolute atomic E-state index is 2.31. The van der Waals surface area contributed by atoms with Crippen molar-refractivity contribution in [3.63, 3.8) is 0 Å². The summed E-state index contributed by atoms with van der Waals surface area (Å²) in [5.41, 5.74) is 0. The lowest BCUT2D eigenvalue weighted by Crippen LogP contribution is -2.26. The molecule has 0 saturated heterocycles. The molecule has 0 rings (SSSR count). The highest BCUT2D eigenvalue weighted by Crippen LogP contribution is 2.15. The van der Waals surface area contributed by atoms with Gasteiger partial charge in [0.1, 0.15) is 0 Å². The van der Waals surface area contributed by atoms with E-state index in [9.17, 15) is 22.0 Å². The molecule has 0 aromatic rings. The minimum Gasteiger partial charge on any atom is -0.613 e. The van der Waals surface area contributed by atoms with E-state index in [1.165, 1.54) is 0 Å². The molecule has 0 aliphatic heterocycles. The largest absolute Gasteiger partial charge is 0.648 e. The summed E-state index contributed by atoms with van der Waals surface area (Å²) in [5, 5.41) is 9.17. The zero-order chi connectivity index (χ0) is 7.65. The van der Waals surface area contributed by atoms with Crippen molar-refractivity contribution in [1.82, 2.24) is 0 Å². The van der Waals surface area contributed by atoms with Crippen LogP contribution >= 0.6 is 0 Å². The summed E-state index contributed by atoms with van der Waals surface area (Å²) < 4.78 is 51.6. The Morgan fingerprint density at radius 2 is 1.56 bits per heavy atom. The molecule has 0 amide bonds. The lowest BCUT2D eigenvalue weighted by atomic mass is 11.1. The summed E-state index contributed by atoms with van der Waals surface area (Å²) in [5.74, 6) is 0. The molecule has 0 atom stereocenters. The van der Waals surface area contributed by atoms with Crippen molar-refractivity contribution in [3.05, 3.63) is 5.21 Å². The van der Waals surface area contributed by atoms with Crippen LogP contribution in [0.5, 0.6) is 0 Å². The molecule has 0 aliphatic rings. The van der Waals surface area contributed by atoms with Gasteiger partial charge in [0, 0.05) is 0 Å². The standard InChI is InChI=1S/C2F5NO/c3-1(4)8(9)2(5,6)7. The number of halogens is 5. The van der Waals surface area contributed by atoms with Crippen LogP contribution in [0.2, 0.25) is 0 Å². The van der Waals surface area contributed by atoms with E-state index in [-0.39, 0.29) is 0 Å². The topological polar surface area (TPSA) is 26.1 Å². The molecule has 7 heteroatoms. The molecule has 0 spiro atoms. The molecule has 0 saturated carbocycles. The van der Waals surface area contributed by atoms with E-state index < -0.39 is 17.3 Å². The molecule has 0 bridgehead atoms. The molecular weight excluding hydrogens is 149 g/mol. The molecule has 0 N–H and O–H groups in total. The van der Waals surface area contributed by atoms with Crippen LogP contribution in [0.3, 0.4) is 0 Å². The van der Waals surface area contributed by atoms with Crippen LogP contribution in [-0.4, -0.2) is 17.3 Å². The molecule has 9 heavy (non-hydrogen) atoms. The number of hydroxylamine groups is 1. The predicted molar refractivity (Wildman–Crippen MR) is 16.9 cm³/mol. The first-order valence-electron chi connectivity index (χ1n) is 1.57. The van der Waals surface area contributed by atoms with Crippen molar-refractivity contribution in [1.29, 1.82) is 0 Å². The van der Waals surface area contributed by atoms with Gasteiger partial charge in [-0.05, 0) is 4.74 Å². The highest BCUT2D eigenvalue weighted by atomic mass is 19.4. The zero-order valence-corrected chi connectivity index (χ0v) is 3.75. The SMILES string of the molecule is [O-][N+](=C(F)F)C(F)(F)F. The van der Waals surface area contributed by atoms with Gasteiger partial charge >= 0.3 is 12.5 Å². The molecule has 54 valence electrons. The van der Waals surface area contributed by atoms with Crippen LogP contribution in [-0.2, 0) is 0 Å². The average Bonchev–Trinajstić information content (AvgIpc) is 1.62. The van der Waals surface area contributed by atoms with E-state index >= 15 is 0 Å². The first-order chi connectivity index (χ1) is 3.85.